The third-order valence-corrected chi connectivity index (χ3v) is 4.09. The van der Waals surface area contributed by atoms with Gasteiger partial charge in [0.05, 0.1) is 18.9 Å². The maximum Gasteiger partial charge on any atom is 0.225 e. The third-order valence-electron chi connectivity index (χ3n) is 4.09. The molecule has 1 aliphatic rings. The summed E-state index contributed by atoms with van der Waals surface area (Å²) in [5.74, 6) is 3.05. The van der Waals surface area contributed by atoms with Gasteiger partial charge in [-0.25, -0.2) is 15.0 Å². The van der Waals surface area contributed by atoms with Gasteiger partial charge in [-0.05, 0) is 12.1 Å². The highest BCUT2D eigenvalue weighted by Gasteiger charge is 2.19. The molecule has 25 heavy (non-hydrogen) atoms. The quantitative estimate of drug-likeness (QED) is 0.759. The van der Waals surface area contributed by atoms with E-state index in [0.717, 1.165) is 50.2 Å². The van der Waals surface area contributed by atoms with Crippen molar-refractivity contribution >= 4 is 5.95 Å². The molecule has 8 heteroatoms. The molecule has 0 aliphatic carbocycles. The minimum Gasteiger partial charge on any atom is -0.454 e. The van der Waals surface area contributed by atoms with E-state index < -0.39 is 0 Å². The molecule has 1 saturated heterocycles. The maximum atomic E-state index is 5.73. The Morgan fingerprint density at radius 3 is 2.36 bits per heavy atom. The van der Waals surface area contributed by atoms with Crippen LogP contribution < -0.4 is 9.64 Å². The van der Waals surface area contributed by atoms with Gasteiger partial charge in [0.25, 0.3) is 0 Å². The van der Waals surface area contributed by atoms with E-state index in [0.29, 0.717) is 5.75 Å². The molecule has 1 N–H and O–H groups in total. The second kappa shape index (κ2) is 7.27. The van der Waals surface area contributed by atoms with E-state index in [1.807, 2.05) is 30.3 Å². The van der Waals surface area contributed by atoms with E-state index in [2.05, 4.69) is 34.9 Å². The lowest BCUT2D eigenvalue weighted by Gasteiger charge is -2.34. The van der Waals surface area contributed by atoms with E-state index in [1.54, 1.807) is 18.7 Å². The molecule has 0 radical (unpaired) electrons. The fraction of sp³-hybridized carbons (Fsp3) is 0.294. The Morgan fingerprint density at radius 1 is 0.920 bits per heavy atom. The first kappa shape index (κ1) is 15.5. The molecule has 3 aromatic rings. The van der Waals surface area contributed by atoms with Crippen LogP contribution in [0.1, 0.15) is 5.82 Å². The summed E-state index contributed by atoms with van der Waals surface area (Å²) < 4.78 is 5.73. The van der Waals surface area contributed by atoms with Crippen molar-refractivity contribution in [1.29, 1.82) is 0 Å². The average molecular weight is 337 g/mol. The summed E-state index contributed by atoms with van der Waals surface area (Å²) in [6, 6.07) is 9.63. The van der Waals surface area contributed by atoms with Crippen molar-refractivity contribution in [2.75, 3.05) is 31.1 Å². The number of ether oxygens (including phenoxy) is 1. The minimum atomic E-state index is 0.638. The number of rotatable bonds is 5. The SMILES string of the molecule is c1ccc(Oc2cnc(N3CCN(Cc4ncn[nH]4)CC3)nc2)cc1. The largest absolute Gasteiger partial charge is 0.454 e. The Kier molecular flexibility index (Phi) is 4.51. The van der Waals surface area contributed by atoms with E-state index in [-0.39, 0.29) is 0 Å². The molecule has 2 aromatic heterocycles. The van der Waals surface area contributed by atoms with Crippen molar-refractivity contribution < 1.29 is 4.74 Å². The lowest BCUT2D eigenvalue weighted by atomic mass is 10.3. The fourth-order valence-corrected chi connectivity index (χ4v) is 2.77. The minimum absolute atomic E-state index is 0.638. The first-order valence-electron chi connectivity index (χ1n) is 8.23. The Bertz CT molecular complexity index is 769. The standard InChI is InChI=1S/C17H19N7O/c1-2-4-14(5-3-1)25-15-10-18-17(19-11-15)24-8-6-23(7-9-24)12-16-20-13-21-22-16/h1-5,10-11,13H,6-9,12H2,(H,20,21,22). The Morgan fingerprint density at radius 2 is 1.68 bits per heavy atom. The first-order valence-corrected chi connectivity index (χ1v) is 8.23. The van der Waals surface area contributed by atoms with Gasteiger partial charge < -0.3 is 9.64 Å². The van der Waals surface area contributed by atoms with E-state index in [1.165, 1.54) is 0 Å². The van der Waals surface area contributed by atoms with Crippen molar-refractivity contribution in [1.82, 2.24) is 30.0 Å². The summed E-state index contributed by atoms with van der Waals surface area (Å²) in [5, 5.41) is 6.78. The second-order valence-corrected chi connectivity index (χ2v) is 5.83. The van der Waals surface area contributed by atoms with E-state index in [4.69, 9.17) is 4.74 Å². The molecule has 0 amide bonds. The summed E-state index contributed by atoms with van der Waals surface area (Å²) in [5.41, 5.74) is 0. The summed E-state index contributed by atoms with van der Waals surface area (Å²) in [4.78, 5) is 17.6. The van der Waals surface area contributed by atoms with Gasteiger partial charge in [-0.3, -0.25) is 10.00 Å². The van der Waals surface area contributed by atoms with Crippen molar-refractivity contribution in [3.63, 3.8) is 0 Å². The first-order chi connectivity index (χ1) is 12.4. The molecule has 0 spiro atoms. The number of hydrogen-bond acceptors (Lipinski definition) is 7. The number of nitrogens with zero attached hydrogens (tertiary/aromatic N) is 6. The molecule has 4 rings (SSSR count). The van der Waals surface area contributed by atoms with Crippen LogP contribution in [0.2, 0.25) is 0 Å². The van der Waals surface area contributed by atoms with Gasteiger partial charge in [-0.1, -0.05) is 18.2 Å². The molecule has 0 bridgehead atoms. The highest BCUT2D eigenvalue weighted by Crippen LogP contribution is 2.20. The number of aromatic amines is 1. The van der Waals surface area contributed by atoms with Gasteiger partial charge in [0.1, 0.15) is 17.9 Å². The summed E-state index contributed by atoms with van der Waals surface area (Å²) >= 11 is 0. The number of hydrogen-bond donors (Lipinski definition) is 1. The molecule has 3 heterocycles. The summed E-state index contributed by atoms with van der Waals surface area (Å²) in [6.07, 6.45) is 4.98. The van der Waals surface area contributed by atoms with Gasteiger partial charge in [0.15, 0.2) is 5.75 Å². The van der Waals surface area contributed by atoms with Crippen LogP contribution in [-0.4, -0.2) is 56.2 Å². The lowest BCUT2D eigenvalue weighted by Crippen LogP contribution is -2.46. The van der Waals surface area contributed by atoms with Crippen molar-refractivity contribution in [3.05, 3.63) is 54.9 Å². The van der Waals surface area contributed by atoms with Gasteiger partial charge in [-0.15, -0.1) is 0 Å². The lowest BCUT2D eigenvalue weighted by molar-refractivity contribution is 0.243. The predicted molar refractivity (Wildman–Crippen MR) is 92.4 cm³/mol. The van der Waals surface area contributed by atoms with Crippen LogP contribution in [0.25, 0.3) is 0 Å². The van der Waals surface area contributed by atoms with Crippen LogP contribution >= 0.6 is 0 Å². The zero-order valence-corrected chi connectivity index (χ0v) is 13.7. The van der Waals surface area contributed by atoms with Gasteiger partial charge in [0, 0.05) is 26.2 Å². The molecule has 1 aliphatic heterocycles. The third kappa shape index (κ3) is 3.92. The van der Waals surface area contributed by atoms with Gasteiger partial charge in [0.2, 0.25) is 5.95 Å². The molecular weight excluding hydrogens is 318 g/mol. The van der Waals surface area contributed by atoms with E-state index in [9.17, 15) is 0 Å². The second-order valence-electron chi connectivity index (χ2n) is 5.83. The van der Waals surface area contributed by atoms with Crippen LogP contribution in [0.3, 0.4) is 0 Å². The molecule has 0 atom stereocenters. The Hall–Kier alpha value is -3.00. The van der Waals surface area contributed by atoms with Crippen molar-refractivity contribution in [2.45, 2.75) is 6.54 Å². The number of H-pyrrole nitrogens is 1. The van der Waals surface area contributed by atoms with Crippen molar-refractivity contribution in [2.24, 2.45) is 0 Å². The molecule has 128 valence electrons. The molecule has 0 unspecified atom stereocenters. The normalized spacial score (nSPS) is 15.3. The number of aromatic nitrogens is 5. The van der Waals surface area contributed by atoms with Crippen LogP contribution in [0.15, 0.2) is 49.1 Å². The number of nitrogens with one attached hydrogen (secondary N) is 1. The molecule has 1 fully saturated rings. The zero-order chi connectivity index (χ0) is 16.9. The zero-order valence-electron chi connectivity index (χ0n) is 13.7. The summed E-state index contributed by atoms with van der Waals surface area (Å²) in [7, 11) is 0. The summed E-state index contributed by atoms with van der Waals surface area (Å²) in [6.45, 7) is 4.43. The average Bonchev–Trinajstić information content (AvgIpc) is 3.17. The fourth-order valence-electron chi connectivity index (χ4n) is 2.77. The molecule has 1 aromatic carbocycles. The molecule has 8 nitrogen and oxygen atoms in total. The Labute approximate surface area is 145 Å². The smallest absolute Gasteiger partial charge is 0.225 e. The highest BCUT2D eigenvalue weighted by atomic mass is 16.5. The number of anilines is 1. The van der Waals surface area contributed by atoms with E-state index >= 15 is 0 Å². The topological polar surface area (TPSA) is 83.1 Å². The van der Waals surface area contributed by atoms with Crippen molar-refractivity contribution in [3.8, 4) is 11.5 Å². The highest BCUT2D eigenvalue weighted by molar-refractivity contribution is 5.34. The number of piperazine rings is 1. The maximum absolute atomic E-state index is 5.73. The van der Waals surface area contributed by atoms with Crippen LogP contribution in [0, 0.1) is 0 Å². The molecule has 0 saturated carbocycles. The van der Waals surface area contributed by atoms with Crippen LogP contribution in [0.5, 0.6) is 11.5 Å². The molecular formula is C17H19N7O. The Balaban J connectivity index is 1.32. The number of para-hydroxylation sites is 1. The predicted octanol–water partition coefficient (Wildman–Crippen LogP) is 1.71. The van der Waals surface area contributed by atoms with Gasteiger partial charge >= 0.3 is 0 Å². The number of benzene rings is 1. The van der Waals surface area contributed by atoms with Crippen LogP contribution in [0.4, 0.5) is 5.95 Å². The monoisotopic (exact) mass is 337 g/mol. The van der Waals surface area contributed by atoms with Gasteiger partial charge in [-0.2, -0.15) is 5.10 Å². The van der Waals surface area contributed by atoms with Crippen LogP contribution in [-0.2, 0) is 6.54 Å².